The van der Waals surface area contributed by atoms with Gasteiger partial charge in [-0.1, -0.05) is 25.1 Å². The van der Waals surface area contributed by atoms with Crippen LogP contribution < -0.4 is 0 Å². The first-order chi connectivity index (χ1) is 11.7. The van der Waals surface area contributed by atoms with Crippen LogP contribution in [0.3, 0.4) is 0 Å². The fourth-order valence-electron chi connectivity index (χ4n) is 3.35. The third-order valence-corrected chi connectivity index (χ3v) is 5.58. The van der Waals surface area contributed by atoms with Gasteiger partial charge in [-0.2, -0.15) is 5.10 Å². The van der Waals surface area contributed by atoms with Crippen molar-refractivity contribution in [3.8, 4) is 10.6 Å². The number of aromatic amines is 1. The molecule has 1 N–H and O–H groups in total. The molecule has 1 fully saturated rings. The van der Waals surface area contributed by atoms with Crippen LogP contribution >= 0.6 is 11.3 Å². The van der Waals surface area contributed by atoms with Crippen molar-refractivity contribution in [1.82, 2.24) is 20.3 Å². The van der Waals surface area contributed by atoms with E-state index in [1.165, 1.54) is 16.9 Å². The van der Waals surface area contributed by atoms with E-state index in [1.807, 2.05) is 6.20 Å². The summed E-state index contributed by atoms with van der Waals surface area (Å²) in [6.07, 6.45) is 4.26. The molecule has 3 aromatic rings. The number of nitrogens with one attached hydrogen (secondary N) is 1. The SMILES string of the molecule is CC(C)c1cc([C@@H]2CCCN2Cc2cn[nH]c2-c2cccs2)on1. The lowest BCUT2D eigenvalue weighted by atomic mass is 10.1. The van der Waals surface area contributed by atoms with E-state index < -0.39 is 0 Å². The highest BCUT2D eigenvalue weighted by Crippen LogP contribution is 2.36. The highest BCUT2D eigenvalue weighted by Gasteiger charge is 2.30. The third kappa shape index (κ3) is 2.91. The number of likely N-dealkylation sites (tertiary alicyclic amines) is 1. The minimum atomic E-state index is 0.316. The van der Waals surface area contributed by atoms with Gasteiger partial charge in [-0.05, 0) is 36.8 Å². The van der Waals surface area contributed by atoms with Gasteiger partial charge in [0.15, 0.2) is 5.76 Å². The fraction of sp³-hybridized carbons (Fsp3) is 0.444. The van der Waals surface area contributed by atoms with Gasteiger partial charge in [-0.15, -0.1) is 11.3 Å². The maximum Gasteiger partial charge on any atom is 0.154 e. The largest absolute Gasteiger partial charge is 0.359 e. The minimum absolute atomic E-state index is 0.316. The molecular weight excluding hydrogens is 320 g/mol. The van der Waals surface area contributed by atoms with Crippen LogP contribution in [0.2, 0.25) is 0 Å². The van der Waals surface area contributed by atoms with Crippen molar-refractivity contribution in [2.45, 2.75) is 45.2 Å². The monoisotopic (exact) mass is 342 g/mol. The van der Waals surface area contributed by atoms with Crippen molar-refractivity contribution < 1.29 is 4.52 Å². The number of hydrogen-bond acceptors (Lipinski definition) is 5. The van der Waals surface area contributed by atoms with E-state index in [9.17, 15) is 0 Å². The summed E-state index contributed by atoms with van der Waals surface area (Å²) in [7, 11) is 0. The molecule has 0 saturated carbocycles. The maximum atomic E-state index is 5.65. The first kappa shape index (κ1) is 15.6. The van der Waals surface area contributed by atoms with Crippen LogP contribution in [-0.4, -0.2) is 26.8 Å². The van der Waals surface area contributed by atoms with Crippen molar-refractivity contribution in [3.63, 3.8) is 0 Å². The molecule has 1 aliphatic rings. The van der Waals surface area contributed by atoms with E-state index in [0.717, 1.165) is 36.7 Å². The molecule has 0 unspecified atom stereocenters. The lowest BCUT2D eigenvalue weighted by Gasteiger charge is -2.22. The molecule has 126 valence electrons. The molecule has 24 heavy (non-hydrogen) atoms. The van der Waals surface area contributed by atoms with Crippen molar-refractivity contribution in [1.29, 1.82) is 0 Å². The van der Waals surface area contributed by atoms with E-state index in [1.54, 1.807) is 11.3 Å². The number of rotatable bonds is 5. The van der Waals surface area contributed by atoms with Gasteiger partial charge < -0.3 is 4.52 Å². The summed E-state index contributed by atoms with van der Waals surface area (Å²) >= 11 is 1.74. The van der Waals surface area contributed by atoms with Gasteiger partial charge in [0.05, 0.1) is 28.5 Å². The quantitative estimate of drug-likeness (QED) is 0.737. The number of hydrogen-bond donors (Lipinski definition) is 1. The molecule has 4 rings (SSSR count). The van der Waals surface area contributed by atoms with Gasteiger partial charge in [0.25, 0.3) is 0 Å². The topological polar surface area (TPSA) is 58.0 Å². The van der Waals surface area contributed by atoms with E-state index in [2.05, 4.69) is 57.7 Å². The van der Waals surface area contributed by atoms with Crippen LogP contribution in [0.5, 0.6) is 0 Å². The zero-order valence-corrected chi connectivity index (χ0v) is 14.8. The summed E-state index contributed by atoms with van der Waals surface area (Å²) < 4.78 is 5.65. The Kier molecular flexibility index (Phi) is 4.24. The lowest BCUT2D eigenvalue weighted by molar-refractivity contribution is 0.206. The summed E-state index contributed by atoms with van der Waals surface area (Å²) in [6, 6.07) is 6.65. The van der Waals surface area contributed by atoms with Crippen molar-refractivity contribution in [3.05, 3.63) is 46.8 Å². The van der Waals surface area contributed by atoms with Gasteiger partial charge in [-0.25, -0.2) is 0 Å². The molecule has 5 nitrogen and oxygen atoms in total. The van der Waals surface area contributed by atoms with Crippen molar-refractivity contribution >= 4 is 11.3 Å². The maximum absolute atomic E-state index is 5.65. The number of thiophene rings is 1. The summed E-state index contributed by atoms with van der Waals surface area (Å²) in [5.74, 6) is 1.40. The average molecular weight is 342 g/mol. The second-order valence-corrected chi connectivity index (χ2v) is 7.63. The van der Waals surface area contributed by atoms with Crippen LogP contribution in [0.1, 0.15) is 55.7 Å². The Bertz CT molecular complexity index is 790. The zero-order chi connectivity index (χ0) is 16.5. The normalized spacial score (nSPS) is 18.7. The predicted octanol–water partition coefficient (Wildman–Crippen LogP) is 4.59. The molecule has 1 saturated heterocycles. The van der Waals surface area contributed by atoms with Gasteiger partial charge in [0.1, 0.15) is 0 Å². The van der Waals surface area contributed by atoms with Crippen LogP contribution in [-0.2, 0) is 6.54 Å². The minimum Gasteiger partial charge on any atom is -0.359 e. The first-order valence-corrected chi connectivity index (χ1v) is 9.37. The second-order valence-electron chi connectivity index (χ2n) is 6.68. The first-order valence-electron chi connectivity index (χ1n) is 8.49. The summed E-state index contributed by atoms with van der Waals surface area (Å²) in [5.41, 5.74) is 3.42. The fourth-order valence-corrected chi connectivity index (χ4v) is 4.11. The third-order valence-electron chi connectivity index (χ3n) is 4.69. The Hall–Kier alpha value is -1.92. The molecule has 0 aliphatic carbocycles. The van der Waals surface area contributed by atoms with E-state index in [0.29, 0.717) is 12.0 Å². The van der Waals surface area contributed by atoms with E-state index in [4.69, 9.17) is 4.52 Å². The molecule has 0 radical (unpaired) electrons. The Morgan fingerprint density at radius 3 is 3.12 bits per heavy atom. The summed E-state index contributed by atoms with van der Waals surface area (Å²) in [4.78, 5) is 3.71. The molecule has 0 spiro atoms. The Morgan fingerprint density at radius 2 is 2.38 bits per heavy atom. The Labute approximate surface area is 145 Å². The van der Waals surface area contributed by atoms with Crippen LogP contribution in [0, 0.1) is 0 Å². The highest BCUT2D eigenvalue weighted by atomic mass is 32.1. The molecule has 0 amide bonds. The zero-order valence-electron chi connectivity index (χ0n) is 14.0. The molecular formula is C18H22N4OS. The second kappa shape index (κ2) is 6.53. The van der Waals surface area contributed by atoms with Crippen LogP contribution in [0.15, 0.2) is 34.3 Å². The van der Waals surface area contributed by atoms with Gasteiger partial charge in [-0.3, -0.25) is 10.00 Å². The lowest BCUT2D eigenvalue weighted by Crippen LogP contribution is -2.22. The smallest absolute Gasteiger partial charge is 0.154 e. The molecule has 0 bridgehead atoms. The van der Waals surface area contributed by atoms with Crippen molar-refractivity contribution in [2.24, 2.45) is 0 Å². The van der Waals surface area contributed by atoms with Gasteiger partial charge >= 0.3 is 0 Å². The molecule has 1 atom stereocenters. The van der Waals surface area contributed by atoms with Gasteiger partial charge in [0, 0.05) is 18.2 Å². The van der Waals surface area contributed by atoms with Gasteiger partial charge in [0.2, 0.25) is 0 Å². The molecule has 0 aromatic carbocycles. The number of aromatic nitrogens is 3. The highest BCUT2D eigenvalue weighted by molar-refractivity contribution is 7.13. The van der Waals surface area contributed by atoms with Crippen LogP contribution in [0.25, 0.3) is 10.6 Å². The number of H-pyrrole nitrogens is 1. The molecule has 4 heterocycles. The Balaban J connectivity index is 1.55. The standard InChI is InChI=1S/C18H22N4OS/c1-12(2)14-9-16(23-21-14)15-5-3-7-22(15)11-13-10-19-20-18(13)17-6-4-8-24-17/h4,6,8-10,12,15H,3,5,7,11H2,1-2H3,(H,19,20)/t15-/m0/s1. The van der Waals surface area contributed by atoms with Crippen LogP contribution in [0.4, 0.5) is 0 Å². The molecule has 1 aliphatic heterocycles. The average Bonchev–Trinajstić information content (AvgIpc) is 3.35. The van der Waals surface area contributed by atoms with E-state index in [-0.39, 0.29) is 0 Å². The predicted molar refractivity (Wildman–Crippen MR) is 94.9 cm³/mol. The molecule has 3 aromatic heterocycles. The van der Waals surface area contributed by atoms with E-state index >= 15 is 0 Å². The Morgan fingerprint density at radius 1 is 1.46 bits per heavy atom. The summed E-state index contributed by atoms with van der Waals surface area (Å²) in [5, 5.41) is 13.7. The summed E-state index contributed by atoms with van der Waals surface area (Å²) in [6.45, 7) is 6.25. The van der Waals surface area contributed by atoms with Crippen molar-refractivity contribution in [2.75, 3.05) is 6.54 Å². The number of nitrogens with zero attached hydrogens (tertiary/aromatic N) is 3. The molecule has 6 heteroatoms.